The van der Waals surface area contributed by atoms with Gasteiger partial charge in [0.25, 0.3) is 6.47 Å². The van der Waals surface area contributed by atoms with Gasteiger partial charge in [-0.15, -0.1) is 0 Å². The van der Waals surface area contributed by atoms with Crippen molar-refractivity contribution in [2.24, 2.45) is 5.92 Å². The van der Waals surface area contributed by atoms with E-state index in [2.05, 4.69) is 41.3 Å². The molecule has 4 rings (SSSR count). The zero-order valence-electron chi connectivity index (χ0n) is 21.2. The van der Waals surface area contributed by atoms with Crippen molar-refractivity contribution in [1.82, 2.24) is 9.80 Å². The maximum absolute atomic E-state index is 13.2. The summed E-state index contributed by atoms with van der Waals surface area (Å²) in [5, 5.41) is 0. The monoisotopic (exact) mass is 478 g/mol. The Bertz CT molecular complexity index is 962. The fourth-order valence-corrected chi connectivity index (χ4v) is 4.99. The van der Waals surface area contributed by atoms with E-state index in [1.165, 1.54) is 11.1 Å². The summed E-state index contributed by atoms with van der Waals surface area (Å²) in [6.07, 6.45) is 2.98. The molecule has 1 saturated carbocycles. The summed E-state index contributed by atoms with van der Waals surface area (Å²) in [6, 6.07) is 19.0. The lowest BCUT2D eigenvalue weighted by Crippen LogP contribution is -2.44. The highest BCUT2D eigenvalue weighted by molar-refractivity contribution is 5.69. The lowest BCUT2D eigenvalue weighted by atomic mass is 9.95. The zero-order valence-corrected chi connectivity index (χ0v) is 21.2. The van der Waals surface area contributed by atoms with Crippen molar-refractivity contribution >= 4 is 12.6 Å². The van der Waals surface area contributed by atoms with E-state index >= 15 is 0 Å². The lowest BCUT2D eigenvalue weighted by molar-refractivity contribution is -0.129. The standard InChI is InChI=1S/C29H38N2O4/c1-29(2,3)35-28(33)31(27-17-26(27)25-7-5-4-6-8-25)19-23-13-15-30(16-14-23)18-22-9-11-24(12-10-22)20-34-21-32/h4-12,21,23,26-27H,13-20H2,1-3H3. The summed E-state index contributed by atoms with van der Waals surface area (Å²) in [4.78, 5) is 28.0. The van der Waals surface area contributed by atoms with Crippen LogP contribution < -0.4 is 0 Å². The van der Waals surface area contributed by atoms with Crippen molar-refractivity contribution < 1.29 is 19.1 Å². The van der Waals surface area contributed by atoms with E-state index in [4.69, 9.17) is 9.47 Å². The number of hydrogen-bond donors (Lipinski definition) is 0. The fourth-order valence-electron chi connectivity index (χ4n) is 4.99. The molecule has 0 aromatic heterocycles. The SMILES string of the molecule is CC(C)(C)OC(=O)N(CC1CCN(Cc2ccc(COC=O)cc2)CC1)C1CC1c1ccccc1. The van der Waals surface area contributed by atoms with Crippen LogP contribution in [-0.4, -0.2) is 53.6 Å². The fraction of sp³-hybridized carbons (Fsp3) is 0.517. The Hall–Kier alpha value is -2.86. The van der Waals surface area contributed by atoms with E-state index < -0.39 is 5.60 Å². The first-order valence-corrected chi connectivity index (χ1v) is 12.7. The van der Waals surface area contributed by atoms with E-state index in [1.807, 2.05) is 43.9 Å². The highest BCUT2D eigenvalue weighted by Gasteiger charge is 2.46. The second-order valence-electron chi connectivity index (χ2n) is 10.9. The van der Waals surface area contributed by atoms with Gasteiger partial charge >= 0.3 is 6.09 Å². The summed E-state index contributed by atoms with van der Waals surface area (Å²) in [5.41, 5.74) is 3.07. The Morgan fingerprint density at radius 2 is 1.69 bits per heavy atom. The molecule has 0 bridgehead atoms. The van der Waals surface area contributed by atoms with Crippen LogP contribution in [0.5, 0.6) is 0 Å². The number of ether oxygens (including phenoxy) is 2. The quantitative estimate of drug-likeness (QED) is 0.454. The Balaban J connectivity index is 1.31. The highest BCUT2D eigenvalue weighted by atomic mass is 16.6. The summed E-state index contributed by atoms with van der Waals surface area (Å²) < 4.78 is 10.6. The first kappa shape index (κ1) is 25.2. The molecule has 2 atom stereocenters. The number of nitrogens with zero attached hydrogens (tertiary/aromatic N) is 2. The van der Waals surface area contributed by atoms with Gasteiger partial charge in [-0.05, 0) is 75.7 Å². The molecule has 2 aliphatic rings. The molecular weight excluding hydrogens is 440 g/mol. The number of benzene rings is 2. The van der Waals surface area contributed by atoms with Crippen LogP contribution in [0.3, 0.4) is 0 Å². The molecule has 2 aromatic rings. The molecule has 1 saturated heterocycles. The Morgan fingerprint density at radius 3 is 2.31 bits per heavy atom. The molecule has 1 heterocycles. The van der Waals surface area contributed by atoms with Crippen molar-refractivity contribution in [3.63, 3.8) is 0 Å². The van der Waals surface area contributed by atoms with E-state index in [0.29, 0.717) is 24.9 Å². The van der Waals surface area contributed by atoms with Crippen molar-refractivity contribution in [3.05, 3.63) is 71.3 Å². The molecule has 6 nitrogen and oxygen atoms in total. The van der Waals surface area contributed by atoms with E-state index in [9.17, 15) is 9.59 Å². The number of amides is 1. The van der Waals surface area contributed by atoms with Crippen LogP contribution in [0.25, 0.3) is 0 Å². The van der Waals surface area contributed by atoms with Gasteiger partial charge in [-0.1, -0.05) is 54.6 Å². The van der Waals surface area contributed by atoms with Gasteiger partial charge in [-0.3, -0.25) is 9.69 Å². The van der Waals surface area contributed by atoms with Crippen LogP contribution in [-0.2, 0) is 27.4 Å². The van der Waals surface area contributed by atoms with Gasteiger partial charge < -0.3 is 14.4 Å². The second-order valence-corrected chi connectivity index (χ2v) is 10.9. The van der Waals surface area contributed by atoms with Gasteiger partial charge in [0.1, 0.15) is 12.2 Å². The number of carbonyl (C=O) groups is 2. The molecular formula is C29H38N2O4. The maximum atomic E-state index is 13.2. The van der Waals surface area contributed by atoms with Crippen LogP contribution >= 0.6 is 0 Å². The average molecular weight is 479 g/mol. The summed E-state index contributed by atoms with van der Waals surface area (Å²) in [6.45, 7) is 10.3. The zero-order chi connectivity index (χ0) is 24.8. The third-order valence-corrected chi connectivity index (χ3v) is 6.92. The van der Waals surface area contributed by atoms with Gasteiger partial charge in [0.05, 0.1) is 0 Å². The summed E-state index contributed by atoms with van der Waals surface area (Å²) >= 11 is 0. The van der Waals surface area contributed by atoms with Crippen molar-refractivity contribution in [2.75, 3.05) is 19.6 Å². The molecule has 6 heteroatoms. The Morgan fingerprint density at radius 1 is 1.03 bits per heavy atom. The van der Waals surface area contributed by atoms with Crippen LogP contribution in [0, 0.1) is 5.92 Å². The average Bonchev–Trinajstić information content (AvgIpc) is 3.63. The number of piperidine rings is 1. The second kappa shape index (κ2) is 11.3. The molecule has 0 spiro atoms. The minimum absolute atomic E-state index is 0.179. The lowest BCUT2D eigenvalue weighted by Gasteiger charge is -2.36. The minimum atomic E-state index is -0.495. The normalized spacial score (nSPS) is 20.8. The number of carbonyl (C=O) groups excluding carboxylic acids is 2. The van der Waals surface area contributed by atoms with Gasteiger partial charge in [0.15, 0.2) is 0 Å². The topological polar surface area (TPSA) is 59.1 Å². The number of likely N-dealkylation sites (tertiary alicyclic amines) is 1. The van der Waals surface area contributed by atoms with Crippen LogP contribution in [0.1, 0.15) is 62.6 Å². The van der Waals surface area contributed by atoms with E-state index in [-0.39, 0.29) is 12.1 Å². The van der Waals surface area contributed by atoms with Gasteiger partial charge in [-0.2, -0.15) is 0 Å². The minimum Gasteiger partial charge on any atom is -0.463 e. The maximum Gasteiger partial charge on any atom is 0.410 e. The van der Waals surface area contributed by atoms with Crippen molar-refractivity contribution in [2.45, 2.75) is 70.7 Å². The molecule has 2 unspecified atom stereocenters. The van der Waals surface area contributed by atoms with Gasteiger partial charge in [0, 0.05) is 25.0 Å². The highest BCUT2D eigenvalue weighted by Crippen LogP contribution is 2.45. The predicted octanol–water partition coefficient (Wildman–Crippen LogP) is 5.36. The van der Waals surface area contributed by atoms with Crippen LogP contribution in [0.4, 0.5) is 4.79 Å². The molecule has 188 valence electrons. The largest absolute Gasteiger partial charge is 0.463 e. The Labute approximate surface area is 209 Å². The van der Waals surface area contributed by atoms with Crippen molar-refractivity contribution in [3.8, 4) is 0 Å². The summed E-state index contributed by atoms with van der Waals surface area (Å²) in [5.74, 6) is 0.891. The molecule has 2 aromatic carbocycles. The van der Waals surface area contributed by atoms with Gasteiger partial charge in [0.2, 0.25) is 0 Å². The Kier molecular flexibility index (Phi) is 8.11. The molecule has 0 radical (unpaired) electrons. The number of rotatable bonds is 9. The predicted molar refractivity (Wildman–Crippen MR) is 136 cm³/mol. The first-order chi connectivity index (χ1) is 16.8. The number of hydrogen-bond acceptors (Lipinski definition) is 5. The molecule has 1 aliphatic heterocycles. The van der Waals surface area contributed by atoms with E-state index in [0.717, 1.165) is 51.0 Å². The van der Waals surface area contributed by atoms with Crippen LogP contribution in [0.2, 0.25) is 0 Å². The third kappa shape index (κ3) is 7.31. The molecule has 0 N–H and O–H groups in total. The smallest absolute Gasteiger partial charge is 0.410 e. The molecule has 1 amide bonds. The first-order valence-electron chi connectivity index (χ1n) is 12.7. The van der Waals surface area contributed by atoms with Gasteiger partial charge in [-0.25, -0.2) is 4.79 Å². The van der Waals surface area contributed by atoms with Crippen LogP contribution in [0.15, 0.2) is 54.6 Å². The molecule has 2 fully saturated rings. The third-order valence-electron chi connectivity index (χ3n) is 6.92. The van der Waals surface area contributed by atoms with Crippen molar-refractivity contribution in [1.29, 1.82) is 0 Å². The summed E-state index contributed by atoms with van der Waals surface area (Å²) in [7, 11) is 0. The molecule has 35 heavy (non-hydrogen) atoms. The van der Waals surface area contributed by atoms with E-state index in [1.54, 1.807) is 0 Å². The molecule has 1 aliphatic carbocycles.